The van der Waals surface area contributed by atoms with E-state index in [2.05, 4.69) is 18.8 Å². The minimum atomic E-state index is 0.165. The fraction of sp³-hybridized carbons (Fsp3) is 0.750. The van der Waals surface area contributed by atoms with Crippen molar-refractivity contribution in [2.24, 2.45) is 5.92 Å². The van der Waals surface area contributed by atoms with Crippen LogP contribution in [0.15, 0.2) is 24.4 Å². The molecule has 0 saturated heterocycles. The minimum absolute atomic E-state index is 0.165. The van der Waals surface area contributed by atoms with Gasteiger partial charge in [0.25, 0.3) is 0 Å². The highest BCUT2D eigenvalue weighted by molar-refractivity contribution is 5.95. The van der Waals surface area contributed by atoms with Crippen LogP contribution in [0.4, 0.5) is 0 Å². The highest BCUT2D eigenvalue weighted by atomic mass is 16.1. The fourth-order valence-electron chi connectivity index (χ4n) is 3.70. The van der Waals surface area contributed by atoms with E-state index in [-0.39, 0.29) is 11.7 Å². The molecule has 0 bridgehead atoms. The van der Waals surface area contributed by atoms with E-state index in [0.29, 0.717) is 5.69 Å². The maximum Gasteiger partial charge on any atom is 0.184 e. The van der Waals surface area contributed by atoms with E-state index in [1.165, 1.54) is 77.0 Å². The first kappa shape index (κ1) is 22.9. The lowest BCUT2D eigenvalue weighted by atomic mass is 9.90. The second-order valence-electron chi connectivity index (χ2n) is 7.74. The second-order valence-corrected chi connectivity index (χ2v) is 7.74. The maximum absolute atomic E-state index is 12.6. The van der Waals surface area contributed by atoms with Crippen LogP contribution in [0.1, 0.15) is 121 Å². The Hall–Kier alpha value is -1.18. The van der Waals surface area contributed by atoms with E-state index in [4.69, 9.17) is 0 Å². The highest BCUT2D eigenvalue weighted by Crippen LogP contribution is 2.21. The van der Waals surface area contributed by atoms with Gasteiger partial charge < -0.3 is 0 Å². The van der Waals surface area contributed by atoms with Gasteiger partial charge in [-0.05, 0) is 25.0 Å². The van der Waals surface area contributed by atoms with Gasteiger partial charge in [-0.1, -0.05) is 103 Å². The lowest BCUT2D eigenvalue weighted by molar-refractivity contribution is 0.0898. The molecule has 0 fully saturated rings. The third kappa shape index (κ3) is 10.7. The van der Waals surface area contributed by atoms with Gasteiger partial charge in [0.15, 0.2) is 5.78 Å². The van der Waals surface area contributed by atoms with Crippen molar-refractivity contribution in [3.63, 3.8) is 0 Å². The SMILES string of the molecule is CCCCCCCCCCCCCCC(CCC)C(=O)c1ccccn1. The van der Waals surface area contributed by atoms with Crippen LogP contribution in [-0.2, 0) is 0 Å². The number of carbonyl (C=O) groups excluding carboxylic acids is 1. The van der Waals surface area contributed by atoms with Crippen LogP contribution in [0, 0.1) is 5.92 Å². The summed E-state index contributed by atoms with van der Waals surface area (Å²) in [5, 5.41) is 0. The van der Waals surface area contributed by atoms with Gasteiger partial charge in [0.1, 0.15) is 5.69 Å². The van der Waals surface area contributed by atoms with Crippen molar-refractivity contribution < 1.29 is 4.79 Å². The van der Waals surface area contributed by atoms with E-state index in [1.807, 2.05) is 18.2 Å². The molecule has 0 aromatic carbocycles. The summed E-state index contributed by atoms with van der Waals surface area (Å²) in [7, 11) is 0. The zero-order chi connectivity index (χ0) is 18.9. The summed E-state index contributed by atoms with van der Waals surface area (Å²) < 4.78 is 0. The molecule has 2 nitrogen and oxygen atoms in total. The predicted molar refractivity (Wildman–Crippen MR) is 113 cm³/mol. The number of unbranched alkanes of at least 4 members (excludes halogenated alkanes) is 11. The normalized spacial score (nSPS) is 12.2. The van der Waals surface area contributed by atoms with Crippen molar-refractivity contribution in [1.29, 1.82) is 0 Å². The first-order chi connectivity index (χ1) is 12.8. The largest absolute Gasteiger partial charge is 0.292 e. The molecule has 0 aliphatic carbocycles. The van der Waals surface area contributed by atoms with Gasteiger partial charge in [-0.15, -0.1) is 0 Å². The Morgan fingerprint density at radius 3 is 1.85 bits per heavy atom. The number of nitrogens with zero attached hydrogens (tertiary/aromatic N) is 1. The third-order valence-electron chi connectivity index (χ3n) is 5.33. The number of Topliss-reactive ketones (excluding diaryl/α,β-unsaturated/α-hetero) is 1. The average molecular weight is 360 g/mol. The van der Waals surface area contributed by atoms with Crippen molar-refractivity contribution in [3.05, 3.63) is 30.1 Å². The Morgan fingerprint density at radius 2 is 1.35 bits per heavy atom. The molecular formula is C24H41NO. The number of ketones is 1. The quantitative estimate of drug-likeness (QED) is 0.210. The molecule has 26 heavy (non-hydrogen) atoms. The predicted octanol–water partition coefficient (Wildman–Crippen LogP) is 7.77. The second kappa shape index (κ2) is 16.0. The molecular weight excluding hydrogens is 318 g/mol. The van der Waals surface area contributed by atoms with Crippen molar-refractivity contribution in [3.8, 4) is 0 Å². The van der Waals surface area contributed by atoms with E-state index in [1.54, 1.807) is 6.20 Å². The molecule has 0 radical (unpaired) electrons. The van der Waals surface area contributed by atoms with E-state index >= 15 is 0 Å². The molecule has 0 aliphatic rings. The summed E-state index contributed by atoms with van der Waals surface area (Å²) in [4.78, 5) is 16.8. The molecule has 1 rings (SSSR count). The fourth-order valence-corrected chi connectivity index (χ4v) is 3.70. The van der Waals surface area contributed by atoms with Crippen molar-refractivity contribution in [2.75, 3.05) is 0 Å². The zero-order valence-corrected chi connectivity index (χ0v) is 17.3. The Balaban J connectivity index is 2.06. The first-order valence-corrected chi connectivity index (χ1v) is 11.2. The molecule has 1 unspecified atom stereocenters. The molecule has 148 valence electrons. The summed E-state index contributed by atoms with van der Waals surface area (Å²) in [6, 6.07) is 5.64. The van der Waals surface area contributed by atoms with Gasteiger partial charge in [-0.2, -0.15) is 0 Å². The summed E-state index contributed by atoms with van der Waals surface area (Å²) in [6.07, 6.45) is 21.2. The van der Waals surface area contributed by atoms with Gasteiger partial charge in [0.2, 0.25) is 0 Å². The van der Waals surface area contributed by atoms with Crippen LogP contribution in [0.2, 0.25) is 0 Å². The van der Waals surface area contributed by atoms with E-state index in [9.17, 15) is 4.79 Å². The number of hydrogen-bond acceptors (Lipinski definition) is 2. The Kier molecular flexibility index (Phi) is 14.1. The molecule has 0 spiro atoms. The number of rotatable bonds is 17. The lowest BCUT2D eigenvalue weighted by Gasteiger charge is -2.14. The average Bonchev–Trinajstić information content (AvgIpc) is 2.68. The van der Waals surface area contributed by atoms with Gasteiger partial charge in [0.05, 0.1) is 0 Å². The molecule has 1 heterocycles. The summed E-state index contributed by atoms with van der Waals surface area (Å²) in [5.74, 6) is 0.411. The maximum atomic E-state index is 12.6. The molecule has 0 N–H and O–H groups in total. The van der Waals surface area contributed by atoms with Crippen molar-refractivity contribution in [1.82, 2.24) is 4.98 Å². The smallest absolute Gasteiger partial charge is 0.184 e. The van der Waals surface area contributed by atoms with Gasteiger partial charge in [-0.3, -0.25) is 9.78 Å². The molecule has 1 atom stereocenters. The summed E-state index contributed by atoms with van der Waals surface area (Å²) in [6.45, 7) is 4.44. The van der Waals surface area contributed by atoms with Crippen LogP contribution >= 0.6 is 0 Å². The molecule has 0 saturated carbocycles. The van der Waals surface area contributed by atoms with Crippen LogP contribution < -0.4 is 0 Å². The molecule has 1 aromatic heterocycles. The number of aromatic nitrogens is 1. The lowest BCUT2D eigenvalue weighted by Crippen LogP contribution is -2.16. The Morgan fingerprint density at radius 1 is 0.769 bits per heavy atom. The first-order valence-electron chi connectivity index (χ1n) is 11.2. The Labute approximate surface area is 162 Å². The summed E-state index contributed by atoms with van der Waals surface area (Å²) in [5.41, 5.74) is 0.643. The van der Waals surface area contributed by atoms with Crippen LogP contribution in [0.3, 0.4) is 0 Å². The standard InChI is InChI=1S/C24H41NO/c1-3-5-6-7-8-9-10-11-12-13-14-15-19-22(18-4-2)24(26)23-20-16-17-21-25-23/h16-17,20-22H,3-15,18-19H2,1-2H3. The number of carbonyl (C=O) groups is 1. The number of pyridine rings is 1. The van der Waals surface area contributed by atoms with Crippen LogP contribution in [0.5, 0.6) is 0 Å². The minimum Gasteiger partial charge on any atom is -0.292 e. The topological polar surface area (TPSA) is 30.0 Å². The zero-order valence-electron chi connectivity index (χ0n) is 17.3. The van der Waals surface area contributed by atoms with Crippen molar-refractivity contribution in [2.45, 2.75) is 110 Å². The molecule has 0 aliphatic heterocycles. The third-order valence-corrected chi connectivity index (χ3v) is 5.33. The van der Waals surface area contributed by atoms with Gasteiger partial charge in [-0.25, -0.2) is 0 Å². The van der Waals surface area contributed by atoms with Crippen LogP contribution in [-0.4, -0.2) is 10.8 Å². The van der Waals surface area contributed by atoms with Crippen LogP contribution in [0.25, 0.3) is 0 Å². The van der Waals surface area contributed by atoms with Gasteiger partial charge in [0, 0.05) is 12.1 Å². The number of hydrogen-bond donors (Lipinski definition) is 0. The Bertz CT molecular complexity index is 443. The molecule has 1 aromatic rings. The monoisotopic (exact) mass is 359 g/mol. The van der Waals surface area contributed by atoms with Gasteiger partial charge >= 0.3 is 0 Å². The van der Waals surface area contributed by atoms with Crippen molar-refractivity contribution >= 4 is 5.78 Å². The highest BCUT2D eigenvalue weighted by Gasteiger charge is 2.19. The molecule has 0 amide bonds. The van der Waals surface area contributed by atoms with E-state index in [0.717, 1.165) is 19.3 Å². The summed E-state index contributed by atoms with van der Waals surface area (Å²) >= 11 is 0. The van der Waals surface area contributed by atoms with E-state index < -0.39 is 0 Å². The molecule has 2 heteroatoms.